The van der Waals surface area contributed by atoms with E-state index in [0.29, 0.717) is 27.7 Å². The van der Waals surface area contributed by atoms with Gasteiger partial charge in [-0.3, -0.25) is 4.79 Å². The first-order valence-corrected chi connectivity index (χ1v) is 12.6. The van der Waals surface area contributed by atoms with Gasteiger partial charge in [0.15, 0.2) is 0 Å². The lowest BCUT2D eigenvalue weighted by molar-refractivity contribution is 0.102. The van der Waals surface area contributed by atoms with Crippen molar-refractivity contribution in [1.82, 2.24) is 15.3 Å². The maximum Gasteiger partial charge on any atom is 0.262 e. The monoisotopic (exact) mass is 559 g/mol. The van der Waals surface area contributed by atoms with E-state index in [4.69, 9.17) is 21.1 Å². The highest BCUT2D eigenvalue weighted by Crippen LogP contribution is 2.31. The van der Waals surface area contributed by atoms with Crippen LogP contribution in [-0.4, -0.2) is 41.7 Å². The van der Waals surface area contributed by atoms with Gasteiger partial charge >= 0.3 is 0 Å². The minimum absolute atomic E-state index is 0.174. The number of anilines is 3. The van der Waals surface area contributed by atoms with Crippen LogP contribution in [-0.2, 0) is 0 Å². The van der Waals surface area contributed by atoms with Crippen LogP contribution in [0.25, 0.3) is 0 Å². The van der Waals surface area contributed by atoms with Gasteiger partial charge in [0.25, 0.3) is 5.91 Å². The van der Waals surface area contributed by atoms with Crippen LogP contribution in [0.3, 0.4) is 0 Å². The summed E-state index contributed by atoms with van der Waals surface area (Å²) in [6.07, 6.45) is 3.67. The Balaban J connectivity index is 1.49. The maximum atomic E-state index is 12.9. The molecule has 3 N–H and O–H groups in total. The smallest absolute Gasteiger partial charge is 0.262 e. The van der Waals surface area contributed by atoms with E-state index in [0.717, 1.165) is 42.9 Å². The molecule has 3 aromatic rings. The highest BCUT2D eigenvalue weighted by molar-refractivity contribution is 9.10. The molecule has 1 saturated heterocycles. The van der Waals surface area contributed by atoms with Crippen molar-refractivity contribution in [1.29, 1.82) is 0 Å². The Hall–Kier alpha value is -2.88. The highest BCUT2D eigenvalue weighted by atomic mass is 79.9. The molecule has 1 fully saturated rings. The number of ether oxygens (including phenoxy) is 2. The fraction of sp³-hybridized carbons (Fsp3) is 0.320. The zero-order valence-corrected chi connectivity index (χ0v) is 21.9. The number of aromatic nitrogens is 2. The van der Waals surface area contributed by atoms with Crippen molar-refractivity contribution in [2.24, 2.45) is 0 Å². The van der Waals surface area contributed by atoms with Gasteiger partial charge in [0.05, 0.1) is 17.3 Å². The molecule has 10 heteroatoms. The Kier molecular flexibility index (Phi) is 8.43. The quantitative estimate of drug-likeness (QED) is 0.324. The third kappa shape index (κ3) is 6.42. The second kappa shape index (κ2) is 11.7. The van der Waals surface area contributed by atoms with Gasteiger partial charge in [-0.1, -0.05) is 17.7 Å². The van der Waals surface area contributed by atoms with Crippen molar-refractivity contribution >= 4 is 50.8 Å². The first-order valence-electron chi connectivity index (χ1n) is 11.4. The van der Waals surface area contributed by atoms with E-state index < -0.39 is 5.91 Å². The average Bonchev–Trinajstić information content (AvgIpc) is 2.84. The zero-order valence-electron chi connectivity index (χ0n) is 19.5. The average molecular weight is 561 g/mol. The van der Waals surface area contributed by atoms with Crippen molar-refractivity contribution in [2.75, 3.05) is 30.3 Å². The Morgan fingerprint density at radius 3 is 2.77 bits per heavy atom. The molecule has 0 atom stereocenters. The van der Waals surface area contributed by atoms with E-state index in [1.54, 1.807) is 18.2 Å². The molecule has 0 spiro atoms. The first-order chi connectivity index (χ1) is 16.9. The molecule has 35 heavy (non-hydrogen) atoms. The molecular weight excluding hydrogens is 534 g/mol. The summed E-state index contributed by atoms with van der Waals surface area (Å²) in [6.45, 7) is 6.13. The fourth-order valence-corrected chi connectivity index (χ4v) is 4.51. The third-order valence-corrected chi connectivity index (χ3v) is 6.47. The van der Waals surface area contributed by atoms with Gasteiger partial charge in [-0.25, -0.2) is 4.98 Å². The summed E-state index contributed by atoms with van der Waals surface area (Å²) in [5, 5.41) is 9.73. The molecule has 1 aromatic heterocycles. The van der Waals surface area contributed by atoms with E-state index in [1.807, 2.05) is 32.0 Å². The lowest BCUT2D eigenvalue weighted by Crippen LogP contribution is -2.34. The van der Waals surface area contributed by atoms with Gasteiger partial charge in [-0.15, -0.1) is 0 Å². The molecule has 0 radical (unpaired) electrons. The summed E-state index contributed by atoms with van der Waals surface area (Å²) in [7, 11) is 0. The van der Waals surface area contributed by atoms with Crippen LogP contribution in [0.15, 0.2) is 47.1 Å². The number of amides is 1. The SMILES string of the molecule is CCOc1nc(Nc2ccc(OC3CCNCC3)c(C)c2)ncc1C(=O)Nc1c(Cl)cccc1Br. The summed E-state index contributed by atoms with van der Waals surface area (Å²) in [5.74, 6) is 0.934. The van der Waals surface area contributed by atoms with Gasteiger partial charge in [-0.05, 0) is 91.6 Å². The van der Waals surface area contributed by atoms with Crippen LogP contribution in [0.2, 0.25) is 5.02 Å². The van der Waals surface area contributed by atoms with Crippen molar-refractivity contribution in [3.05, 3.63) is 63.2 Å². The first kappa shape index (κ1) is 25.2. The lowest BCUT2D eigenvalue weighted by atomic mass is 10.1. The number of benzene rings is 2. The van der Waals surface area contributed by atoms with Crippen LogP contribution in [0.1, 0.15) is 35.7 Å². The van der Waals surface area contributed by atoms with Gasteiger partial charge in [-0.2, -0.15) is 4.98 Å². The lowest BCUT2D eigenvalue weighted by Gasteiger charge is -2.24. The Labute approximate surface area is 217 Å². The molecule has 1 amide bonds. The maximum absolute atomic E-state index is 12.9. The summed E-state index contributed by atoms with van der Waals surface area (Å²) in [5.41, 5.74) is 2.48. The molecule has 1 aliphatic rings. The van der Waals surface area contributed by atoms with Crippen LogP contribution >= 0.6 is 27.5 Å². The van der Waals surface area contributed by atoms with Crippen molar-refractivity contribution in [3.8, 4) is 11.6 Å². The topological polar surface area (TPSA) is 97.4 Å². The van der Waals surface area contributed by atoms with Gasteiger partial charge in [0, 0.05) is 16.4 Å². The molecule has 184 valence electrons. The van der Waals surface area contributed by atoms with Gasteiger partial charge in [0.1, 0.15) is 17.4 Å². The summed E-state index contributed by atoms with van der Waals surface area (Å²) >= 11 is 9.63. The molecule has 0 bridgehead atoms. The molecule has 1 aliphatic heterocycles. The van der Waals surface area contributed by atoms with Crippen LogP contribution in [0.4, 0.5) is 17.3 Å². The number of para-hydroxylation sites is 1. The van der Waals surface area contributed by atoms with Crippen LogP contribution < -0.4 is 25.4 Å². The molecule has 2 heterocycles. The van der Waals surface area contributed by atoms with Crippen molar-refractivity contribution < 1.29 is 14.3 Å². The summed E-state index contributed by atoms with van der Waals surface area (Å²) in [4.78, 5) is 21.7. The van der Waals surface area contributed by atoms with Gasteiger partial charge < -0.3 is 25.4 Å². The van der Waals surface area contributed by atoms with Gasteiger partial charge in [0.2, 0.25) is 11.8 Å². The largest absolute Gasteiger partial charge is 0.490 e. The normalized spacial score (nSPS) is 13.8. The predicted molar refractivity (Wildman–Crippen MR) is 141 cm³/mol. The number of carbonyl (C=O) groups excluding carboxylic acids is 1. The van der Waals surface area contributed by atoms with Crippen LogP contribution in [0.5, 0.6) is 11.6 Å². The standard InChI is InChI=1S/C25H27BrClN5O3/c1-3-34-24-18(23(33)31-22-19(26)5-4-6-20(22)27)14-29-25(32-24)30-16-7-8-21(15(2)13-16)35-17-9-11-28-12-10-17/h4-8,13-14,17,28H,3,9-12H2,1-2H3,(H,31,33)(H,29,30,32). The predicted octanol–water partition coefficient (Wildman–Crippen LogP) is 5.73. The third-order valence-electron chi connectivity index (χ3n) is 5.49. The minimum Gasteiger partial charge on any atom is -0.490 e. The van der Waals surface area contributed by atoms with E-state index in [2.05, 4.69) is 41.8 Å². The van der Waals surface area contributed by atoms with Crippen LogP contribution in [0, 0.1) is 6.92 Å². The molecule has 0 aliphatic carbocycles. The van der Waals surface area contributed by atoms with Crippen molar-refractivity contribution in [2.45, 2.75) is 32.8 Å². The second-order valence-corrected chi connectivity index (χ2v) is 9.33. The molecule has 2 aromatic carbocycles. The van der Waals surface area contributed by atoms with E-state index >= 15 is 0 Å². The summed E-state index contributed by atoms with van der Waals surface area (Å²) in [6, 6.07) is 11.1. The minimum atomic E-state index is -0.427. The number of aryl methyl sites for hydroxylation is 1. The number of rotatable bonds is 8. The number of hydrogen-bond donors (Lipinski definition) is 3. The van der Waals surface area contributed by atoms with E-state index in [9.17, 15) is 4.79 Å². The number of nitrogens with one attached hydrogen (secondary N) is 3. The summed E-state index contributed by atoms with van der Waals surface area (Å²) < 4.78 is 12.5. The molecule has 4 rings (SSSR count). The zero-order chi connectivity index (χ0) is 24.8. The number of carbonyl (C=O) groups is 1. The number of piperidine rings is 1. The number of hydrogen-bond acceptors (Lipinski definition) is 7. The van der Waals surface area contributed by atoms with Crippen molar-refractivity contribution in [3.63, 3.8) is 0 Å². The number of nitrogens with zero attached hydrogens (tertiary/aromatic N) is 2. The molecular formula is C25H27BrClN5O3. The molecule has 8 nitrogen and oxygen atoms in total. The fourth-order valence-electron chi connectivity index (χ4n) is 3.71. The highest BCUT2D eigenvalue weighted by Gasteiger charge is 2.19. The van der Waals surface area contributed by atoms with E-state index in [1.165, 1.54) is 6.20 Å². The Morgan fingerprint density at radius 1 is 1.26 bits per heavy atom. The Morgan fingerprint density at radius 2 is 2.06 bits per heavy atom. The molecule has 0 saturated carbocycles. The van der Waals surface area contributed by atoms with E-state index in [-0.39, 0.29) is 17.5 Å². The number of halogens is 2. The molecule has 0 unspecified atom stereocenters. The second-order valence-electron chi connectivity index (χ2n) is 8.07. The Bertz CT molecular complexity index is 1180.